The van der Waals surface area contributed by atoms with Crippen LogP contribution in [0.5, 0.6) is 0 Å². The molecule has 0 spiro atoms. The summed E-state index contributed by atoms with van der Waals surface area (Å²) >= 11 is 0. The van der Waals surface area contributed by atoms with Crippen LogP contribution in [0.15, 0.2) is 36.5 Å². The Hall–Kier alpha value is -1.31. The molecule has 0 heterocycles. The zero-order valence-corrected chi connectivity index (χ0v) is 14.3. The van der Waals surface area contributed by atoms with Gasteiger partial charge in [-0.2, -0.15) is 0 Å². The first-order valence-corrected chi connectivity index (χ1v) is 8.95. The van der Waals surface area contributed by atoms with E-state index in [4.69, 9.17) is 5.11 Å². The van der Waals surface area contributed by atoms with Gasteiger partial charge >= 0.3 is 5.97 Å². The fourth-order valence-electron chi connectivity index (χ4n) is 2.29. The molecule has 0 aromatic rings. The van der Waals surface area contributed by atoms with E-state index in [0.717, 1.165) is 12.8 Å². The molecule has 0 aliphatic heterocycles. The highest BCUT2D eigenvalue weighted by Gasteiger charge is 1.91. The molecule has 2 heteroatoms. The van der Waals surface area contributed by atoms with Crippen LogP contribution in [-0.2, 0) is 4.79 Å². The molecule has 0 unspecified atom stereocenters. The second-order valence-corrected chi connectivity index (χ2v) is 5.74. The number of carboxylic acid groups (broad SMARTS) is 1. The summed E-state index contributed by atoms with van der Waals surface area (Å²) < 4.78 is 0. The van der Waals surface area contributed by atoms with Crippen LogP contribution in [-0.4, -0.2) is 11.1 Å². The van der Waals surface area contributed by atoms with Gasteiger partial charge in [-0.05, 0) is 32.1 Å². The number of carboxylic acids is 1. The number of aliphatic carboxylic acids is 1. The van der Waals surface area contributed by atoms with Gasteiger partial charge in [-0.1, -0.05) is 81.9 Å². The summed E-state index contributed by atoms with van der Waals surface area (Å²) in [6.07, 6.45) is 26.5. The Morgan fingerprint density at radius 3 is 1.77 bits per heavy atom. The summed E-state index contributed by atoms with van der Waals surface area (Å²) in [4.78, 5) is 10.3. The topological polar surface area (TPSA) is 37.3 Å². The molecule has 0 radical (unpaired) electrons. The van der Waals surface area contributed by atoms with E-state index in [0.29, 0.717) is 0 Å². The van der Waals surface area contributed by atoms with Gasteiger partial charge in [0.05, 0.1) is 6.42 Å². The average molecular weight is 306 g/mol. The van der Waals surface area contributed by atoms with Gasteiger partial charge in [-0.25, -0.2) is 0 Å². The molecule has 0 rings (SSSR count). The van der Waals surface area contributed by atoms with E-state index in [9.17, 15) is 4.79 Å². The van der Waals surface area contributed by atoms with E-state index in [2.05, 4.69) is 25.2 Å². The van der Waals surface area contributed by atoms with Crippen LogP contribution in [0, 0.1) is 0 Å². The zero-order chi connectivity index (χ0) is 16.3. The lowest BCUT2D eigenvalue weighted by molar-refractivity contribution is -0.136. The molecule has 0 saturated heterocycles. The molecule has 0 aliphatic carbocycles. The summed E-state index contributed by atoms with van der Waals surface area (Å²) in [5.41, 5.74) is 0. The predicted octanol–water partition coefficient (Wildman–Crippen LogP) is 6.44. The van der Waals surface area contributed by atoms with Crippen molar-refractivity contribution in [1.82, 2.24) is 0 Å². The fraction of sp³-hybridized carbons (Fsp3) is 0.650. The molecule has 22 heavy (non-hydrogen) atoms. The SMILES string of the molecule is CC/C=C/CCCCCCCCCC/C=C/C=C/CC(=O)O. The zero-order valence-electron chi connectivity index (χ0n) is 14.3. The Morgan fingerprint density at radius 2 is 1.23 bits per heavy atom. The molecular weight excluding hydrogens is 272 g/mol. The molecule has 126 valence electrons. The van der Waals surface area contributed by atoms with E-state index < -0.39 is 5.97 Å². The maximum Gasteiger partial charge on any atom is 0.307 e. The standard InChI is InChI=1S/C20H34O2/c1-2-3-4-5-6-7-8-9-10-11-12-13-14-15-16-17-18-19-20(21)22/h3-4,15-18H,2,5-14,19H2,1H3,(H,21,22)/b4-3+,16-15+,18-17+. The normalized spacial score (nSPS) is 12.0. The van der Waals surface area contributed by atoms with Crippen molar-refractivity contribution in [3.05, 3.63) is 36.5 Å². The summed E-state index contributed by atoms with van der Waals surface area (Å²) in [6.45, 7) is 2.18. The first-order valence-electron chi connectivity index (χ1n) is 8.95. The van der Waals surface area contributed by atoms with Gasteiger partial charge in [0.25, 0.3) is 0 Å². The Morgan fingerprint density at radius 1 is 0.727 bits per heavy atom. The van der Waals surface area contributed by atoms with Crippen LogP contribution >= 0.6 is 0 Å². The van der Waals surface area contributed by atoms with Crippen LogP contribution in [0.4, 0.5) is 0 Å². The van der Waals surface area contributed by atoms with Crippen LogP contribution in [0.2, 0.25) is 0 Å². The van der Waals surface area contributed by atoms with Gasteiger partial charge in [-0.3, -0.25) is 4.79 Å². The molecular formula is C20H34O2. The lowest BCUT2D eigenvalue weighted by atomic mass is 10.1. The van der Waals surface area contributed by atoms with Gasteiger partial charge in [-0.15, -0.1) is 0 Å². The second-order valence-electron chi connectivity index (χ2n) is 5.74. The van der Waals surface area contributed by atoms with Crippen LogP contribution in [0.1, 0.15) is 84.0 Å². The van der Waals surface area contributed by atoms with Crippen LogP contribution in [0.25, 0.3) is 0 Å². The van der Waals surface area contributed by atoms with Gasteiger partial charge in [0, 0.05) is 0 Å². The largest absolute Gasteiger partial charge is 0.481 e. The third-order valence-electron chi connectivity index (χ3n) is 3.57. The summed E-state index contributed by atoms with van der Waals surface area (Å²) in [5, 5.41) is 8.46. The smallest absolute Gasteiger partial charge is 0.307 e. The first-order chi connectivity index (χ1) is 10.8. The predicted molar refractivity (Wildman–Crippen MR) is 96.1 cm³/mol. The van der Waals surface area contributed by atoms with Crippen molar-refractivity contribution in [3.8, 4) is 0 Å². The molecule has 1 N–H and O–H groups in total. The molecule has 0 atom stereocenters. The van der Waals surface area contributed by atoms with Crippen molar-refractivity contribution in [2.75, 3.05) is 0 Å². The highest BCUT2D eigenvalue weighted by Crippen LogP contribution is 2.11. The highest BCUT2D eigenvalue weighted by atomic mass is 16.4. The number of unbranched alkanes of at least 4 members (excludes halogenated alkanes) is 9. The van der Waals surface area contributed by atoms with E-state index >= 15 is 0 Å². The van der Waals surface area contributed by atoms with Crippen LogP contribution in [0.3, 0.4) is 0 Å². The molecule has 0 aromatic carbocycles. The molecule has 0 aliphatic rings. The lowest BCUT2D eigenvalue weighted by Gasteiger charge is -2.00. The van der Waals surface area contributed by atoms with Crippen LogP contribution < -0.4 is 0 Å². The third-order valence-corrected chi connectivity index (χ3v) is 3.57. The molecule has 0 saturated carbocycles. The third kappa shape index (κ3) is 18.7. The maximum absolute atomic E-state index is 10.3. The van der Waals surface area contributed by atoms with Gasteiger partial charge < -0.3 is 5.11 Å². The maximum atomic E-state index is 10.3. The summed E-state index contributed by atoms with van der Waals surface area (Å²) in [7, 11) is 0. The number of rotatable bonds is 15. The molecule has 0 amide bonds. The first kappa shape index (κ1) is 20.7. The van der Waals surface area contributed by atoms with Crippen molar-refractivity contribution in [2.45, 2.75) is 84.0 Å². The Kier molecular flexibility index (Phi) is 16.7. The van der Waals surface area contributed by atoms with E-state index in [1.165, 1.54) is 57.8 Å². The van der Waals surface area contributed by atoms with Crippen molar-refractivity contribution in [3.63, 3.8) is 0 Å². The Bertz CT molecular complexity index is 327. The number of hydrogen-bond donors (Lipinski definition) is 1. The highest BCUT2D eigenvalue weighted by molar-refractivity contribution is 5.68. The van der Waals surface area contributed by atoms with Crippen molar-refractivity contribution < 1.29 is 9.90 Å². The molecule has 0 fully saturated rings. The number of hydrogen-bond acceptors (Lipinski definition) is 1. The number of allylic oxidation sites excluding steroid dienone is 5. The van der Waals surface area contributed by atoms with Gasteiger partial charge in [0.15, 0.2) is 0 Å². The van der Waals surface area contributed by atoms with Crippen molar-refractivity contribution in [2.24, 2.45) is 0 Å². The Labute approximate surface area is 137 Å². The minimum atomic E-state index is -0.776. The van der Waals surface area contributed by atoms with Gasteiger partial charge in [0.1, 0.15) is 0 Å². The van der Waals surface area contributed by atoms with E-state index in [-0.39, 0.29) is 6.42 Å². The molecule has 0 bridgehead atoms. The van der Waals surface area contributed by atoms with E-state index in [1.807, 2.05) is 12.2 Å². The summed E-state index contributed by atoms with van der Waals surface area (Å²) in [5.74, 6) is -0.776. The van der Waals surface area contributed by atoms with Gasteiger partial charge in [0.2, 0.25) is 0 Å². The summed E-state index contributed by atoms with van der Waals surface area (Å²) in [6, 6.07) is 0. The van der Waals surface area contributed by atoms with Crippen molar-refractivity contribution >= 4 is 5.97 Å². The fourth-order valence-corrected chi connectivity index (χ4v) is 2.29. The average Bonchev–Trinajstić information content (AvgIpc) is 2.50. The minimum absolute atomic E-state index is 0.110. The minimum Gasteiger partial charge on any atom is -0.481 e. The van der Waals surface area contributed by atoms with Crippen molar-refractivity contribution in [1.29, 1.82) is 0 Å². The quantitative estimate of drug-likeness (QED) is 0.215. The molecule has 0 aromatic heterocycles. The second kappa shape index (κ2) is 17.7. The number of carbonyl (C=O) groups is 1. The van der Waals surface area contributed by atoms with E-state index in [1.54, 1.807) is 6.08 Å². The molecule has 2 nitrogen and oxygen atoms in total. The Balaban J connectivity index is 3.17. The lowest BCUT2D eigenvalue weighted by Crippen LogP contribution is -1.89. The monoisotopic (exact) mass is 306 g/mol.